The zero-order chi connectivity index (χ0) is 21.8. The molecule has 0 bridgehead atoms. The van der Waals surface area contributed by atoms with E-state index in [9.17, 15) is 19.2 Å². The van der Waals surface area contributed by atoms with Crippen LogP contribution >= 0.6 is 0 Å². The van der Waals surface area contributed by atoms with Crippen LogP contribution in [0.25, 0.3) is 0 Å². The minimum absolute atomic E-state index is 0.241. The van der Waals surface area contributed by atoms with Gasteiger partial charge in [0.1, 0.15) is 11.5 Å². The molecule has 2 aromatic heterocycles. The highest BCUT2D eigenvalue weighted by Crippen LogP contribution is 2.22. The van der Waals surface area contributed by atoms with Crippen molar-refractivity contribution in [2.24, 2.45) is 0 Å². The summed E-state index contributed by atoms with van der Waals surface area (Å²) in [6.07, 6.45) is 0. The number of nitrogens with zero attached hydrogens (tertiary/aromatic N) is 2. The molecule has 0 aliphatic carbocycles. The molecule has 4 rings (SSSR count). The molecule has 31 heavy (non-hydrogen) atoms. The Morgan fingerprint density at radius 2 is 0.935 bits per heavy atom. The molecule has 9 heteroatoms. The van der Waals surface area contributed by atoms with Crippen LogP contribution in [0.4, 0.5) is 0 Å². The number of H-pyrrole nitrogens is 2. The van der Waals surface area contributed by atoms with E-state index >= 15 is 0 Å². The third-order valence-electron chi connectivity index (χ3n) is 4.54. The minimum atomic E-state index is -0.341. The molecule has 2 N–H and O–H groups in total. The molecule has 9 nitrogen and oxygen atoms in total. The lowest BCUT2D eigenvalue weighted by molar-refractivity contribution is 0.481. The van der Waals surface area contributed by atoms with Crippen LogP contribution in [0.2, 0.25) is 0 Å². The normalized spacial score (nSPS) is 10.7. The van der Waals surface area contributed by atoms with E-state index < -0.39 is 0 Å². The summed E-state index contributed by atoms with van der Waals surface area (Å²) in [6, 6.07) is 19.1. The fourth-order valence-corrected chi connectivity index (χ4v) is 2.99. The van der Waals surface area contributed by atoms with Gasteiger partial charge in [-0.1, -0.05) is 24.3 Å². The van der Waals surface area contributed by atoms with E-state index in [0.29, 0.717) is 11.5 Å². The molecule has 0 fully saturated rings. The number of benzene rings is 2. The highest BCUT2D eigenvalue weighted by molar-refractivity contribution is 5.34. The maximum atomic E-state index is 11.8. The fraction of sp³-hybridized carbons (Fsp3) is 0.0909. The summed E-state index contributed by atoms with van der Waals surface area (Å²) in [5.74, 6) is 1.21. The highest BCUT2D eigenvalue weighted by atomic mass is 16.5. The first kappa shape index (κ1) is 19.9. The van der Waals surface area contributed by atoms with Crippen molar-refractivity contribution in [1.29, 1.82) is 0 Å². The second-order valence-corrected chi connectivity index (χ2v) is 6.86. The zero-order valence-electron chi connectivity index (χ0n) is 16.3. The summed E-state index contributed by atoms with van der Waals surface area (Å²) in [5.41, 5.74) is 0.393. The van der Waals surface area contributed by atoms with Crippen LogP contribution in [-0.2, 0) is 13.1 Å². The van der Waals surface area contributed by atoms with Gasteiger partial charge < -0.3 is 4.74 Å². The number of aromatic amines is 2. The van der Waals surface area contributed by atoms with Crippen molar-refractivity contribution in [2.45, 2.75) is 13.1 Å². The van der Waals surface area contributed by atoms with Crippen molar-refractivity contribution in [2.75, 3.05) is 0 Å². The largest absolute Gasteiger partial charge is 0.457 e. The predicted molar refractivity (Wildman–Crippen MR) is 114 cm³/mol. The van der Waals surface area contributed by atoms with Crippen molar-refractivity contribution in [3.05, 3.63) is 125 Å². The maximum absolute atomic E-state index is 11.8. The standard InChI is InChI=1S/C22H18N4O5/c27-19-9-11-21(29)25(23-19)13-15-1-5-17(6-2-15)31-18-7-3-16(4-8-18)14-26-22(30)12-10-20(28)24-26/h1-12H,13-14H2,(H,23,27)(H,24,28). The smallest absolute Gasteiger partial charge is 0.265 e. The topological polar surface area (TPSA) is 119 Å². The van der Waals surface area contributed by atoms with Gasteiger partial charge in [-0.2, -0.15) is 0 Å². The van der Waals surface area contributed by atoms with Crippen molar-refractivity contribution in [3.63, 3.8) is 0 Å². The lowest BCUT2D eigenvalue weighted by atomic mass is 10.2. The third-order valence-corrected chi connectivity index (χ3v) is 4.54. The van der Waals surface area contributed by atoms with Crippen LogP contribution in [0.3, 0.4) is 0 Å². The maximum Gasteiger partial charge on any atom is 0.265 e. The summed E-state index contributed by atoms with van der Waals surface area (Å²) in [4.78, 5) is 46.3. The quantitative estimate of drug-likeness (QED) is 0.489. The molecule has 2 heterocycles. The van der Waals surface area contributed by atoms with Crippen molar-refractivity contribution in [1.82, 2.24) is 19.6 Å². The Hall–Kier alpha value is -4.40. The summed E-state index contributed by atoms with van der Waals surface area (Å²) in [7, 11) is 0. The van der Waals surface area contributed by atoms with Gasteiger partial charge in [-0.3, -0.25) is 29.4 Å². The summed E-state index contributed by atoms with van der Waals surface area (Å²) >= 11 is 0. The van der Waals surface area contributed by atoms with Gasteiger partial charge in [0.2, 0.25) is 0 Å². The lowest BCUT2D eigenvalue weighted by Crippen LogP contribution is -2.28. The van der Waals surface area contributed by atoms with Gasteiger partial charge in [0.05, 0.1) is 13.1 Å². The number of rotatable bonds is 6. The number of aromatic nitrogens is 4. The Morgan fingerprint density at radius 3 is 1.32 bits per heavy atom. The van der Waals surface area contributed by atoms with Crippen LogP contribution in [-0.4, -0.2) is 19.6 Å². The Labute approximate surface area is 174 Å². The van der Waals surface area contributed by atoms with Gasteiger partial charge in [-0.05, 0) is 35.4 Å². The Kier molecular flexibility index (Phi) is 5.48. The van der Waals surface area contributed by atoms with Gasteiger partial charge in [0.15, 0.2) is 0 Å². The van der Waals surface area contributed by atoms with Gasteiger partial charge in [-0.15, -0.1) is 0 Å². The lowest BCUT2D eigenvalue weighted by Gasteiger charge is -2.09. The van der Waals surface area contributed by atoms with Crippen molar-refractivity contribution in [3.8, 4) is 11.5 Å². The molecule has 156 valence electrons. The molecule has 0 aliphatic rings. The summed E-state index contributed by atoms with van der Waals surface area (Å²) in [6.45, 7) is 0.482. The Morgan fingerprint density at radius 1 is 0.548 bits per heavy atom. The van der Waals surface area contributed by atoms with E-state index in [1.165, 1.54) is 33.6 Å². The van der Waals surface area contributed by atoms with Crippen LogP contribution in [0.15, 0.2) is 92.0 Å². The molecular weight excluding hydrogens is 400 g/mol. The molecule has 2 aromatic carbocycles. The molecule has 0 spiro atoms. The monoisotopic (exact) mass is 418 g/mol. The molecular formula is C22H18N4O5. The summed E-state index contributed by atoms with van der Waals surface area (Å²) in [5, 5.41) is 4.97. The van der Waals surface area contributed by atoms with Gasteiger partial charge in [0.25, 0.3) is 22.2 Å². The SMILES string of the molecule is O=c1ccc(=O)n(Cc2ccc(Oc3ccc(Cn4[nH]c(=O)ccc4=O)cc3)cc2)[nH]1. The second kappa shape index (κ2) is 8.54. The number of nitrogens with one attached hydrogen (secondary N) is 2. The van der Waals surface area contributed by atoms with Gasteiger partial charge in [-0.25, -0.2) is 9.36 Å². The highest BCUT2D eigenvalue weighted by Gasteiger charge is 2.03. The first-order valence-corrected chi connectivity index (χ1v) is 9.42. The van der Waals surface area contributed by atoms with E-state index in [2.05, 4.69) is 10.2 Å². The molecule has 0 amide bonds. The molecule has 0 radical (unpaired) electrons. The molecule has 0 unspecified atom stereocenters. The van der Waals surface area contributed by atoms with E-state index in [1.54, 1.807) is 48.5 Å². The first-order valence-electron chi connectivity index (χ1n) is 9.42. The zero-order valence-corrected chi connectivity index (χ0v) is 16.3. The fourth-order valence-electron chi connectivity index (χ4n) is 2.99. The average molecular weight is 418 g/mol. The molecule has 0 saturated carbocycles. The summed E-state index contributed by atoms with van der Waals surface area (Å²) < 4.78 is 8.30. The average Bonchev–Trinajstić information content (AvgIpc) is 2.76. The van der Waals surface area contributed by atoms with E-state index in [1.807, 2.05) is 0 Å². The van der Waals surface area contributed by atoms with Crippen molar-refractivity contribution >= 4 is 0 Å². The van der Waals surface area contributed by atoms with Crippen molar-refractivity contribution < 1.29 is 4.74 Å². The molecule has 0 atom stereocenters. The van der Waals surface area contributed by atoms with Crippen LogP contribution in [0.1, 0.15) is 11.1 Å². The first-order chi connectivity index (χ1) is 15.0. The molecule has 4 aromatic rings. The third kappa shape index (κ3) is 4.96. The second-order valence-electron chi connectivity index (χ2n) is 6.86. The van der Waals surface area contributed by atoms with Gasteiger partial charge in [0, 0.05) is 24.3 Å². The molecule has 0 aliphatic heterocycles. The van der Waals surface area contributed by atoms with E-state index in [4.69, 9.17) is 4.74 Å². The Bertz CT molecular complexity index is 1320. The predicted octanol–water partition coefficient (Wildman–Crippen LogP) is 1.28. The minimum Gasteiger partial charge on any atom is -0.457 e. The van der Waals surface area contributed by atoms with E-state index in [-0.39, 0.29) is 35.3 Å². The number of hydrogen-bond donors (Lipinski definition) is 2. The van der Waals surface area contributed by atoms with Crippen LogP contribution in [0.5, 0.6) is 11.5 Å². The number of hydrogen-bond acceptors (Lipinski definition) is 5. The number of ether oxygens (including phenoxy) is 1. The van der Waals surface area contributed by atoms with Crippen LogP contribution < -0.4 is 27.0 Å². The van der Waals surface area contributed by atoms with Gasteiger partial charge >= 0.3 is 0 Å². The van der Waals surface area contributed by atoms with Crippen LogP contribution in [0, 0.1) is 0 Å². The van der Waals surface area contributed by atoms with E-state index in [0.717, 1.165) is 11.1 Å². The Balaban J connectivity index is 1.42. The molecule has 0 saturated heterocycles.